The summed E-state index contributed by atoms with van der Waals surface area (Å²) in [6.07, 6.45) is 6.79. The van der Waals surface area contributed by atoms with Crippen LogP contribution in [0.1, 0.15) is 36.3 Å². The van der Waals surface area contributed by atoms with E-state index < -0.39 is 0 Å². The fourth-order valence-electron chi connectivity index (χ4n) is 2.60. The maximum atomic E-state index is 5.54. The maximum Gasteiger partial charge on any atom is 0.122 e. The van der Waals surface area contributed by atoms with Gasteiger partial charge in [-0.25, -0.2) is 4.98 Å². The molecule has 0 saturated heterocycles. The maximum absolute atomic E-state index is 5.54. The third-order valence-corrected chi connectivity index (χ3v) is 3.81. The van der Waals surface area contributed by atoms with Crippen molar-refractivity contribution in [1.82, 2.24) is 15.3 Å². The van der Waals surface area contributed by atoms with Crippen LogP contribution >= 0.6 is 0 Å². The minimum Gasteiger partial charge on any atom is -0.493 e. The van der Waals surface area contributed by atoms with E-state index in [1.54, 1.807) is 6.20 Å². The lowest BCUT2D eigenvalue weighted by Gasteiger charge is -2.15. The summed E-state index contributed by atoms with van der Waals surface area (Å²) in [7, 11) is 0. The lowest BCUT2D eigenvalue weighted by Crippen LogP contribution is -2.20. The lowest BCUT2D eigenvalue weighted by atomic mass is 10.0. The first-order valence-corrected chi connectivity index (χ1v) is 7.30. The number of hydrogen-bond acceptors (Lipinski definition) is 3. The minimum absolute atomic E-state index is 0.373. The van der Waals surface area contributed by atoms with Gasteiger partial charge in [0.2, 0.25) is 0 Å². The van der Waals surface area contributed by atoms with Crippen LogP contribution in [0.4, 0.5) is 0 Å². The van der Waals surface area contributed by atoms with Gasteiger partial charge in [-0.3, -0.25) is 0 Å². The smallest absolute Gasteiger partial charge is 0.122 e. The predicted octanol–water partition coefficient (Wildman–Crippen LogP) is 2.63. The number of fused-ring (bicyclic) bond motifs is 1. The fraction of sp³-hybridized carbons (Fsp3) is 0.438. The average molecular weight is 271 g/mol. The van der Waals surface area contributed by atoms with Gasteiger partial charge in [-0.2, -0.15) is 0 Å². The number of nitrogens with zero attached hydrogens (tertiary/aromatic N) is 1. The molecular formula is C16H21N3O. The summed E-state index contributed by atoms with van der Waals surface area (Å²) >= 11 is 0. The molecule has 0 amide bonds. The zero-order chi connectivity index (χ0) is 13.8. The summed E-state index contributed by atoms with van der Waals surface area (Å²) < 4.78 is 5.54. The molecule has 1 atom stereocenters. The van der Waals surface area contributed by atoms with Crippen molar-refractivity contribution in [2.24, 2.45) is 0 Å². The highest BCUT2D eigenvalue weighted by molar-refractivity contribution is 5.40. The molecule has 0 fully saturated rings. The van der Waals surface area contributed by atoms with Crippen molar-refractivity contribution in [3.8, 4) is 5.75 Å². The van der Waals surface area contributed by atoms with Gasteiger partial charge in [-0.15, -0.1) is 0 Å². The van der Waals surface area contributed by atoms with Crippen LogP contribution in [0.5, 0.6) is 5.75 Å². The van der Waals surface area contributed by atoms with E-state index in [0.29, 0.717) is 6.04 Å². The quantitative estimate of drug-likeness (QED) is 0.794. The van der Waals surface area contributed by atoms with E-state index in [1.807, 2.05) is 6.20 Å². The third kappa shape index (κ3) is 3.02. The van der Waals surface area contributed by atoms with Gasteiger partial charge in [0.25, 0.3) is 0 Å². The first-order valence-electron chi connectivity index (χ1n) is 7.30. The van der Waals surface area contributed by atoms with Crippen molar-refractivity contribution in [2.45, 2.75) is 32.2 Å². The van der Waals surface area contributed by atoms with Crippen LogP contribution in [-0.4, -0.2) is 23.1 Å². The molecule has 1 aliphatic heterocycles. The monoisotopic (exact) mass is 271 g/mol. The summed E-state index contributed by atoms with van der Waals surface area (Å²) in [6, 6.07) is 6.90. The topological polar surface area (TPSA) is 49.9 Å². The van der Waals surface area contributed by atoms with Crippen molar-refractivity contribution < 1.29 is 4.74 Å². The molecule has 20 heavy (non-hydrogen) atoms. The van der Waals surface area contributed by atoms with Crippen LogP contribution in [0, 0.1) is 0 Å². The van der Waals surface area contributed by atoms with E-state index >= 15 is 0 Å². The molecule has 3 rings (SSSR count). The molecule has 2 heterocycles. The van der Waals surface area contributed by atoms with Crippen LogP contribution in [0.2, 0.25) is 0 Å². The second-order valence-corrected chi connectivity index (χ2v) is 5.28. The number of imidazole rings is 1. The standard InChI is InChI=1S/C16H21N3O/c1-12(17-7-2-3-16-18-8-9-19-16)13-4-5-15-14(11-13)6-10-20-15/h4-5,8-9,11-12,17H,2-3,6-7,10H2,1H3,(H,18,19). The van der Waals surface area contributed by atoms with E-state index in [0.717, 1.165) is 44.0 Å². The molecule has 106 valence electrons. The number of ether oxygens (including phenoxy) is 1. The molecule has 4 nitrogen and oxygen atoms in total. The molecule has 1 aliphatic rings. The van der Waals surface area contributed by atoms with Crippen molar-refractivity contribution in [1.29, 1.82) is 0 Å². The Balaban J connectivity index is 1.48. The van der Waals surface area contributed by atoms with Crippen molar-refractivity contribution >= 4 is 0 Å². The highest BCUT2D eigenvalue weighted by atomic mass is 16.5. The molecule has 0 aliphatic carbocycles. The number of H-pyrrole nitrogens is 1. The zero-order valence-corrected chi connectivity index (χ0v) is 11.9. The van der Waals surface area contributed by atoms with E-state index in [4.69, 9.17) is 4.74 Å². The highest BCUT2D eigenvalue weighted by Gasteiger charge is 2.14. The second-order valence-electron chi connectivity index (χ2n) is 5.28. The summed E-state index contributed by atoms with van der Waals surface area (Å²) in [5.41, 5.74) is 2.68. The second kappa shape index (κ2) is 6.09. The average Bonchev–Trinajstić information content (AvgIpc) is 3.13. The van der Waals surface area contributed by atoms with Gasteiger partial charge in [0.1, 0.15) is 11.6 Å². The van der Waals surface area contributed by atoms with Gasteiger partial charge in [-0.1, -0.05) is 12.1 Å². The Morgan fingerprint density at radius 2 is 2.40 bits per heavy atom. The predicted molar refractivity (Wildman–Crippen MR) is 79.0 cm³/mol. The summed E-state index contributed by atoms with van der Waals surface area (Å²) in [4.78, 5) is 7.37. The summed E-state index contributed by atoms with van der Waals surface area (Å²) in [5, 5.41) is 3.57. The van der Waals surface area contributed by atoms with Crippen LogP contribution in [0.25, 0.3) is 0 Å². The summed E-state index contributed by atoms with van der Waals surface area (Å²) in [6.45, 7) is 4.03. The molecule has 1 aromatic carbocycles. The van der Waals surface area contributed by atoms with Crippen molar-refractivity contribution in [3.63, 3.8) is 0 Å². The molecule has 0 spiro atoms. The molecule has 0 bridgehead atoms. The number of benzene rings is 1. The molecule has 2 N–H and O–H groups in total. The number of nitrogens with one attached hydrogen (secondary N) is 2. The minimum atomic E-state index is 0.373. The largest absolute Gasteiger partial charge is 0.493 e. The SMILES string of the molecule is CC(NCCCc1ncc[nH]1)c1ccc2c(c1)CCO2. The van der Waals surface area contributed by atoms with Crippen LogP contribution in [0.15, 0.2) is 30.6 Å². The van der Waals surface area contributed by atoms with Crippen molar-refractivity contribution in [3.05, 3.63) is 47.5 Å². The number of aromatic amines is 1. The van der Waals surface area contributed by atoms with Crippen LogP contribution in [0.3, 0.4) is 0 Å². The Kier molecular flexibility index (Phi) is 4.02. The van der Waals surface area contributed by atoms with Crippen LogP contribution in [-0.2, 0) is 12.8 Å². The zero-order valence-electron chi connectivity index (χ0n) is 11.9. The molecule has 0 saturated carbocycles. The van der Waals surface area contributed by atoms with Gasteiger partial charge < -0.3 is 15.0 Å². The Morgan fingerprint density at radius 1 is 1.45 bits per heavy atom. The lowest BCUT2D eigenvalue weighted by molar-refractivity contribution is 0.356. The molecule has 2 aromatic rings. The Labute approximate surface area is 119 Å². The van der Waals surface area contributed by atoms with Gasteiger partial charge >= 0.3 is 0 Å². The van der Waals surface area contributed by atoms with Gasteiger partial charge in [0, 0.05) is 31.3 Å². The van der Waals surface area contributed by atoms with Gasteiger partial charge in [0.05, 0.1) is 6.61 Å². The normalized spacial score (nSPS) is 14.8. The number of hydrogen-bond donors (Lipinski definition) is 2. The Bertz CT molecular complexity index is 551. The fourth-order valence-corrected chi connectivity index (χ4v) is 2.60. The highest BCUT2D eigenvalue weighted by Crippen LogP contribution is 2.28. The molecular weight excluding hydrogens is 250 g/mol. The number of aromatic nitrogens is 2. The van der Waals surface area contributed by atoms with Gasteiger partial charge in [-0.05, 0) is 37.1 Å². The van der Waals surface area contributed by atoms with E-state index in [2.05, 4.69) is 40.4 Å². The van der Waals surface area contributed by atoms with E-state index in [9.17, 15) is 0 Å². The molecule has 0 radical (unpaired) electrons. The number of aryl methyl sites for hydroxylation is 1. The first kappa shape index (κ1) is 13.2. The third-order valence-electron chi connectivity index (χ3n) is 3.81. The van der Waals surface area contributed by atoms with E-state index in [-0.39, 0.29) is 0 Å². The summed E-state index contributed by atoms with van der Waals surface area (Å²) in [5.74, 6) is 2.12. The Hall–Kier alpha value is -1.81. The van der Waals surface area contributed by atoms with E-state index in [1.165, 1.54) is 11.1 Å². The Morgan fingerprint density at radius 3 is 3.25 bits per heavy atom. The number of rotatable bonds is 6. The molecule has 1 unspecified atom stereocenters. The van der Waals surface area contributed by atoms with Gasteiger partial charge in [0.15, 0.2) is 0 Å². The molecule has 1 aromatic heterocycles. The first-order chi connectivity index (χ1) is 9.83. The molecule has 4 heteroatoms. The van der Waals surface area contributed by atoms with Crippen molar-refractivity contribution in [2.75, 3.05) is 13.2 Å². The van der Waals surface area contributed by atoms with Crippen LogP contribution < -0.4 is 10.1 Å².